The Morgan fingerprint density at radius 1 is 1.06 bits per heavy atom. The van der Waals surface area contributed by atoms with Crippen LogP contribution in [0.3, 0.4) is 0 Å². The summed E-state index contributed by atoms with van der Waals surface area (Å²) in [5, 5.41) is 9.02. The molecule has 1 aromatic rings. The summed E-state index contributed by atoms with van der Waals surface area (Å²) in [5.74, 6) is -3.94. The first kappa shape index (κ1) is 14.6. The molecule has 0 bridgehead atoms. The van der Waals surface area contributed by atoms with Gasteiger partial charge in [0, 0.05) is 5.56 Å². The van der Waals surface area contributed by atoms with Gasteiger partial charge in [-0.2, -0.15) is 26.3 Å². The van der Waals surface area contributed by atoms with E-state index < -0.39 is 41.1 Å². The van der Waals surface area contributed by atoms with E-state index in [0.29, 0.717) is 6.07 Å². The monoisotopic (exact) mass is 277 g/mol. The maximum Gasteiger partial charge on any atom is 0.419 e. The lowest BCUT2D eigenvalue weighted by atomic mass is 10.0. The molecule has 2 nitrogen and oxygen atoms in total. The maximum absolute atomic E-state index is 13.1. The number of rotatable bonds is 1. The third-order valence-corrected chi connectivity index (χ3v) is 2.14. The third-order valence-electron chi connectivity index (χ3n) is 2.14. The van der Waals surface area contributed by atoms with Crippen molar-refractivity contribution in [1.29, 1.82) is 0 Å². The lowest BCUT2D eigenvalue weighted by Gasteiger charge is -2.18. The van der Waals surface area contributed by atoms with Crippen LogP contribution in [-0.2, 0) is 6.18 Å². The van der Waals surface area contributed by atoms with Gasteiger partial charge in [-0.15, -0.1) is 0 Å². The van der Waals surface area contributed by atoms with E-state index in [0.717, 1.165) is 0 Å². The molecule has 1 atom stereocenters. The average molecular weight is 277 g/mol. The summed E-state index contributed by atoms with van der Waals surface area (Å²) in [5.41, 5.74) is 1.65. The standard InChI is InChI=1S/C9H6F7NO/c10-5-4(8(11,12)13)2-1-3(6(5)18)7(17)9(14,15)16/h1-2,7,18H,17H2/t7-/m0/s1. The zero-order chi connectivity index (χ0) is 14.3. The first-order valence-corrected chi connectivity index (χ1v) is 4.37. The molecule has 1 rings (SSSR count). The number of phenolic OH excluding ortho intramolecular Hbond substituents is 1. The number of benzene rings is 1. The summed E-state index contributed by atoms with van der Waals surface area (Å²) in [6.07, 6.45) is -10.1. The van der Waals surface area contributed by atoms with Gasteiger partial charge in [-0.3, -0.25) is 0 Å². The van der Waals surface area contributed by atoms with E-state index >= 15 is 0 Å². The molecule has 9 heteroatoms. The fraction of sp³-hybridized carbons (Fsp3) is 0.333. The van der Waals surface area contributed by atoms with E-state index in [1.165, 1.54) is 0 Å². The molecule has 18 heavy (non-hydrogen) atoms. The normalized spacial score (nSPS) is 14.7. The average Bonchev–Trinajstić information content (AvgIpc) is 2.17. The highest BCUT2D eigenvalue weighted by Gasteiger charge is 2.42. The molecule has 0 amide bonds. The van der Waals surface area contributed by atoms with Crippen LogP contribution in [0.2, 0.25) is 0 Å². The van der Waals surface area contributed by atoms with Crippen LogP contribution in [0.15, 0.2) is 12.1 Å². The predicted octanol–water partition coefficient (Wildman–Crippen LogP) is 3.11. The van der Waals surface area contributed by atoms with Gasteiger partial charge in [-0.1, -0.05) is 6.07 Å². The van der Waals surface area contributed by atoms with Crippen LogP contribution in [0.1, 0.15) is 17.2 Å². The van der Waals surface area contributed by atoms with E-state index in [1.807, 2.05) is 0 Å². The SMILES string of the molecule is N[C@@H](c1ccc(C(F)(F)F)c(F)c1O)C(F)(F)F. The number of phenols is 1. The molecule has 0 aliphatic carbocycles. The Labute approximate surface area is 95.8 Å². The Morgan fingerprint density at radius 2 is 1.56 bits per heavy atom. The van der Waals surface area contributed by atoms with Crippen LogP contribution in [-0.4, -0.2) is 11.3 Å². The van der Waals surface area contributed by atoms with Crippen LogP contribution in [0.4, 0.5) is 30.7 Å². The minimum absolute atomic E-state index is 0.0932. The van der Waals surface area contributed by atoms with Crippen molar-refractivity contribution in [3.05, 3.63) is 29.1 Å². The molecule has 0 aliphatic heterocycles. The number of halogens is 7. The topological polar surface area (TPSA) is 46.2 Å². The van der Waals surface area contributed by atoms with Crippen LogP contribution in [0.25, 0.3) is 0 Å². The van der Waals surface area contributed by atoms with E-state index in [1.54, 1.807) is 0 Å². The van der Waals surface area contributed by atoms with Crippen molar-refractivity contribution in [3.63, 3.8) is 0 Å². The smallest absolute Gasteiger partial charge is 0.419 e. The van der Waals surface area contributed by atoms with Crippen molar-refractivity contribution < 1.29 is 35.8 Å². The molecule has 0 fully saturated rings. The molecule has 0 saturated heterocycles. The second kappa shape index (κ2) is 4.30. The Morgan fingerprint density at radius 3 is 1.94 bits per heavy atom. The quantitative estimate of drug-likeness (QED) is 0.775. The van der Waals surface area contributed by atoms with Gasteiger partial charge >= 0.3 is 12.4 Å². The van der Waals surface area contributed by atoms with Crippen LogP contribution in [0.5, 0.6) is 5.75 Å². The van der Waals surface area contributed by atoms with Crippen molar-refractivity contribution in [1.82, 2.24) is 0 Å². The second-order valence-electron chi connectivity index (χ2n) is 3.38. The number of hydrogen-bond donors (Lipinski definition) is 2. The van der Waals surface area contributed by atoms with Crippen molar-refractivity contribution in [2.45, 2.75) is 18.4 Å². The highest BCUT2D eigenvalue weighted by Crippen LogP contribution is 2.40. The van der Waals surface area contributed by atoms with Gasteiger partial charge < -0.3 is 10.8 Å². The maximum atomic E-state index is 13.1. The molecule has 0 heterocycles. The molecule has 0 unspecified atom stereocenters. The molecule has 0 saturated carbocycles. The molecular weight excluding hydrogens is 271 g/mol. The first-order valence-electron chi connectivity index (χ1n) is 4.37. The predicted molar refractivity (Wildman–Crippen MR) is 46.1 cm³/mol. The van der Waals surface area contributed by atoms with Gasteiger partial charge in [-0.25, -0.2) is 4.39 Å². The van der Waals surface area contributed by atoms with Crippen LogP contribution < -0.4 is 5.73 Å². The highest BCUT2D eigenvalue weighted by molar-refractivity contribution is 5.41. The van der Waals surface area contributed by atoms with Gasteiger partial charge in [0.05, 0.1) is 5.56 Å². The molecule has 0 radical (unpaired) electrons. The summed E-state index contributed by atoms with van der Waals surface area (Å²) in [6, 6.07) is -2.38. The molecule has 1 aromatic carbocycles. The second-order valence-corrected chi connectivity index (χ2v) is 3.38. The molecule has 0 aliphatic rings. The van der Waals surface area contributed by atoms with E-state index in [9.17, 15) is 30.7 Å². The molecule has 0 spiro atoms. The van der Waals surface area contributed by atoms with Crippen LogP contribution >= 0.6 is 0 Å². The van der Waals surface area contributed by atoms with Crippen molar-refractivity contribution in [3.8, 4) is 5.75 Å². The van der Waals surface area contributed by atoms with Crippen LogP contribution in [0, 0.1) is 5.82 Å². The Kier molecular flexibility index (Phi) is 3.48. The Hall–Kier alpha value is -1.51. The summed E-state index contributed by atoms with van der Waals surface area (Å²) in [7, 11) is 0. The zero-order valence-electron chi connectivity index (χ0n) is 8.40. The first-order chi connectivity index (χ1) is 7.96. The van der Waals surface area contributed by atoms with Crippen molar-refractivity contribution in [2.24, 2.45) is 5.73 Å². The summed E-state index contributed by atoms with van der Waals surface area (Å²) in [6.45, 7) is 0. The molecule has 0 aromatic heterocycles. The highest BCUT2D eigenvalue weighted by atomic mass is 19.4. The van der Waals surface area contributed by atoms with E-state index in [4.69, 9.17) is 5.11 Å². The third kappa shape index (κ3) is 2.66. The largest absolute Gasteiger partial charge is 0.505 e. The zero-order valence-corrected chi connectivity index (χ0v) is 8.40. The summed E-state index contributed by atoms with van der Waals surface area (Å²) < 4.78 is 86.3. The lowest BCUT2D eigenvalue weighted by Crippen LogP contribution is -2.28. The van der Waals surface area contributed by atoms with Crippen molar-refractivity contribution >= 4 is 0 Å². The number of hydrogen-bond acceptors (Lipinski definition) is 2. The molecule has 3 N–H and O–H groups in total. The number of nitrogens with two attached hydrogens (primary N) is 1. The van der Waals surface area contributed by atoms with Gasteiger partial charge in [0.2, 0.25) is 0 Å². The Bertz CT molecular complexity index is 451. The summed E-state index contributed by atoms with van der Waals surface area (Å²) in [4.78, 5) is 0. The van der Waals surface area contributed by atoms with E-state index in [-0.39, 0.29) is 6.07 Å². The van der Waals surface area contributed by atoms with Gasteiger partial charge in [0.25, 0.3) is 0 Å². The molecular formula is C9H6F7NO. The summed E-state index contributed by atoms with van der Waals surface area (Å²) >= 11 is 0. The lowest BCUT2D eigenvalue weighted by molar-refractivity contribution is -0.149. The fourth-order valence-corrected chi connectivity index (χ4v) is 1.23. The van der Waals surface area contributed by atoms with E-state index in [2.05, 4.69) is 5.73 Å². The minimum atomic E-state index is -5.12. The fourth-order valence-electron chi connectivity index (χ4n) is 1.23. The van der Waals surface area contributed by atoms with Crippen molar-refractivity contribution in [2.75, 3.05) is 0 Å². The Balaban J connectivity index is 3.34. The minimum Gasteiger partial charge on any atom is -0.505 e. The number of aromatic hydroxyl groups is 1. The van der Waals surface area contributed by atoms with Gasteiger partial charge in [-0.05, 0) is 6.07 Å². The van der Waals surface area contributed by atoms with Gasteiger partial charge in [0.15, 0.2) is 11.6 Å². The molecule has 102 valence electrons. The number of alkyl halides is 6. The van der Waals surface area contributed by atoms with Gasteiger partial charge in [0.1, 0.15) is 6.04 Å².